The number of aliphatic hydroxyl groups is 1. The summed E-state index contributed by atoms with van der Waals surface area (Å²) in [6.45, 7) is 9.77. The highest BCUT2D eigenvalue weighted by atomic mass is 16.3. The van der Waals surface area contributed by atoms with Gasteiger partial charge in [-0.25, -0.2) is 0 Å². The molecule has 1 aromatic rings. The quantitative estimate of drug-likeness (QED) is 0.927. The summed E-state index contributed by atoms with van der Waals surface area (Å²) in [5.74, 6) is 0.679. The maximum atomic E-state index is 10.4. The number of aliphatic hydroxyl groups excluding tert-OH is 1. The second kappa shape index (κ2) is 6.45. The third-order valence-electron chi connectivity index (χ3n) is 4.93. The van der Waals surface area contributed by atoms with Gasteiger partial charge in [-0.1, -0.05) is 26.8 Å². The molecule has 1 fully saturated rings. The van der Waals surface area contributed by atoms with E-state index in [9.17, 15) is 5.11 Å². The number of aromatic nitrogens is 1. The van der Waals surface area contributed by atoms with Gasteiger partial charge >= 0.3 is 0 Å². The fraction of sp³-hybridized carbons (Fsp3) is 0.722. The van der Waals surface area contributed by atoms with E-state index in [-0.39, 0.29) is 12.1 Å². The summed E-state index contributed by atoms with van der Waals surface area (Å²) >= 11 is 0. The second-order valence-electron chi connectivity index (χ2n) is 7.70. The molecule has 1 aliphatic carbocycles. The number of rotatable bonds is 3. The molecule has 0 bridgehead atoms. The molecule has 21 heavy (non-hydrogen) atoms. The van der Waals surface area contributed by atoms with Crippen molar-refractivity contribution in [2.75, 3.05) is 7.05 Å². The predicted molar refractivity (Wildman–Crippen MR) is 87.0 cm³/mol. The summed E-state index contributed by atoms with van der Waals surface area (Å²) < 4.78 is 0. The monoisotopic (exact) mass is 290 g/mol. The van der Waals surface area contributed by atoms with Crippen LogP contribution in [0.1, 0.15) is 51.4 Å². The first-order valence-electron chi connectivity index (χ1n) is 8.08. The van der Waals surface area contributed by atoms with Gasteiger partial charge in [0.25, 0.3) is 0 Å². The van der Waals surface area contributed by atoms with Crippen molar-refractivity contribution in [1.29, 1.82) is 0 Å². The van der Waals surface area contributed by atoms with Gasteiger partial charge in [0.05, 0.1) is 11.8 Å². The summed E-state index contributed by atoms with van der Waals surface area (Å²) in [5, 5.41) is 10.4. The van der Waals surface area contributed by atoms with Gasteiger partial charge in [0.15, 0.2) is 0 Å². The van der Waals surface area contributed by atoms with Crippen molar-refractivity contribution in [3.8, 4) is 0 Å². The summed E-state index contributed by atoms with van der Waals surface area (Å²) in [4.78, 5) is 6.86. The van der Waals surface area contributed by atoms with Crippen LogP contribution in [0.5, 0.6) is 0 Å². The van der Waals surface area contributed by atoms with Gasteiger partial charge in [0, 0.05) is 18.3 Å². The Hall–Kier alpha value is -0.930. The third-order valence-corrected chi connectivity index (χ3v) is 4.93. The van der Waals surface area contributed by atoms with Crippen LogP contribution in [0.3, 0.4) is 0 Å². The fourth-order valence-corrected chi connectivity index (χ4v) is 3.45. The van der Waals surface area contributed by atoms with Crippen molar-refractivity contribution in [3.05, 3.63) is 29.6 Å². The number of hydrogen-bond donors (Lipinski definition) is 1. The lowest BCUT2D eigenvalue weighted by atomic mass is 9.70. The van der Waals surface area contributed by atoms with Crippen molar-refractivity contribution >= 4 is 0 Å². The Morgan fingerprint density at radius 3 is 2.62 bits per heavy atom. The molecule has 1 heterocycles. The van der Waals surface area contributed by atoms with Crippen LogP contribution in [0.2, 0.25) is 0 Å². The van der Waals surface area contributed by atoms with Crippen LogP contribution in [0.25, 0.3) is 0 Å². The van der Waals surface area contributed by atoms with E-state index < -0.39 is 0 Å². The largest absolute Gasteiger partial charge is 0.391 e. The summed E-state index contributed by atoms with van der Waals surface area (Å²) in [7, 11) is 2.11. The molecule has 2 rings (SSSR count). The molecule has 1 aliphatic rings. The van der Waals surface area contributed by atoms with Gasteiger partial charge in [0.1, 0.15) is 0 Å². The van der Waals surface area contributed by atoms with Gasteiger partial charge in [0.2, 0.25) is 0 Å². The summed E-state index contributed by atoms with van der Waals surface area (Å²) in [5.41, 5.74) is 2.46. The Morgan fingerprint density at radius 2 is 2.00 bits per heavy atom. The number of nitrogens with zero attached hydrogens (tertiary/aromatic N) is 2. The number of pyridine rings is 1. The van der Waals surface area contributed by atoms with E-state index in [1.54, 1.807) is 0 Å². The Balaban J connectivity index is 2.04. The Kier molecular flexibility index (Phi) is 5.05. The molecule has 3 unspecified atom stereocenters. The zero-order valence-corrected chi connectivity index (χ0v) is 14.1. The minimum atomic E-state index is -0.210. The van der Waals surface area contributed by atoms with Crippen molar-refractivity contribution in [2.24, 2.45) is 11.3 Å². The SMILES string of the molecule is Cc1cccc(CN(C)C2CC(C(C)(C)C)CCC2O)n1. The second-order valence-corrected chi connectivity index (χ2v) is 7.70. The molecule has 118 valence electrons. The van der Waals surface area contributed by atoms with E-state index >= 15 is 0 Å². The van der Waals surface area contributed by atoms with Gasteiger partial charge < -0.3 is 5.11 Å². The zero-order chi connectivity index (χ0) is 15.6. The topological polar surface area (TPSA) is 36.4 Å². The van der Waals surface area contributed by atoms with E-state index in [1.165, 1.54) is 0 Å². The van der Waals surface area contributed by atoms with Crippen molar-refractivity contribution in [2.45, 2.75) is 65.6 Å². The highest BCUT2D eigenvalue weighted by molar-refractivity contribution is 5.10. The predicted octanol–water partition coefficient (Wildman–Crippen LogP) is 3.40. The molecule has 0 radical (unpaired) electrons. The lowest BCUT2D eigenvalue weighted by Gasteiger charge is -2.43. The molecule has 0 aliphatic heterocycles. The van der Waals surface area contributed by atoms with Crippen LogP contribution in [0, 0.1) is 18.3 Å². The van der Waals surface area contributed by atoms with Crippen molar-refractivity contribution in [3.63, 3.8) is 0 Å². The normalized spacial score (nSPS) is 27.1. The molecule has 3 nitrogen and oxygen atoms in total. The van der Waals surface area contributed by atoms with Gasteiger partial charge in [-0.15, -0.1) is 0 Å². The van der Waals surface area contributed by atoms with Crippen LogP contribution < -0.4 is 0 Å². The standard InChI is InChI=1S/C18H30N2O/c1-13-7-6-8-15(19-13)12-20(5)16-11-14(18(2,3)4)9-10-17(16)21/h6-8,14,16-17,21H,9-12H2,1-5H3. The summed E-state index contributed by atoms with van der Waals surface area (Å²) in [6, 6.07) is 6.39. The number of likely N-dealkylation sites (N-methyl/N-ethyl adjacent to an activating group) is 1. The Bertz CT molecular complexity index is 467. The summed E-state index contributed by atoms with van der Waals surface area (Å²) in [6.07, 6.45) is 2.92. The first-order valence-corrected chi connectivity index (χ1v) is 8.08. The smallest absolute Gasteiger partial charge is 0.0695 e. The van der Waals surface area contributed by atoms with Crippen molar-refractivity contribution < 1.29 is 5.11 Å². The minimum absolute atomic E-state index is 0.210. The molecule has 0 amide bonds. The highest BCUT2D eigenvalue weighted by Gasteiger charge is 2.36. The molecule has 3 heteroatoms. The highest BCUT2D eigenvalue weighted by Crippen LogP contribution is 2.39. The molecule has 0 spiro atoms. The van der Waals surface area contributed by atoms with E-state index in [4.69, 9.17) is 0 Å². The molecule has 3 atom stereocenters. The first kappa shape index (κ1) is 16.4. The van der Waals surface area contributed by atoms with Crippen LogP contribution in [-0.2, 0) is 6.54 Å². The third kappa shape index (κ3) is 4.27. The van der Waals surface area contributed by atoms with Crippen LogP contribution in [-0.4, -0.2) is 34.2 Å². The molecule has 0 aromatic carbocycles. The zero-order valence-electron chi connectivity index (χ0n) is 14.1. The molecule has 1 saturated carbocycles. The maximum absolute atomic E-state index is 10.4. The van der Waals surface area contributed by atoms with Crippen LogP contribution >= 0.6 is 0 Å². The van der Waals surface area contributed by atoms with Gasteiger partial charge in [-0.05, 0) is 56.7 Å². The van der Waals surface area contributed by atoms with Gasteiger partial charge in [-0.2, -0.15) is 0 Å². The number of aryl methyl sites for hydroxylation is 1. The Morgan fingerprint density at radius 1 is 1.29 bits per heavy atom. The lowest BCUT2D eigenvalue weighted by molar-refractivity contribution is -0.0106. The molecule has 1 aromatic heterocycles. The fourth-order valence-electron chi connectivity index (χ4n) is 3.45. The Labute approximate surface area is 129 Å². The molecular weight excluding hydrogens is 260 g/mol. The average molecular weight is 290 g/mol. The van der Waals surface area contributed by atoms with Crippen LogP contribution in [0.15, 0.2) is 18.2 Å². The number of hydrogen-bond acceptors (Lipinski definition) is 3. The maximum Gasteiger partial charge on any atom is 0.0695 e. The molecular formula is C18H30N2O. The molecule has 0 saturated heterocycles. The van der Waals surface area contributed by atoms with E-state index in [0.29, 0.717) is 11.3 Å². The van der Waals surface area contributed by atoms with E-state index in [1.807, 2.05) is 13.0 Å². The average Bonchev–Trinajstić information content (AvgIpc) is 2.37. The minimum Gasteiger partial charge on any atom is -0.391 e. The van der Waals surface area contributed by atoms with Crippen molar-refractivity contribution in [1.82, 2.24) is 9.88 Å². The van der Waals surface area contributed by atoms with Crippen LogP contribution in [0.4, 0.5) is 0 Å². The van der Waals surface area contributed by atoms with E-state index in [2.05, 4.69) is 49.8 Å². The lowest BCUT2D eigenvalue weighted by Crippen LogP contribution is -2.47. The van der Waals surface area contributed by atoms with E-state index in [0.717, 1.165) is 37.2 Å². The first-order chi connectivity index (χ1) is 9.77. The molecule has 1 N–H and O–H groups in total. The van der Waals surface area contributed by atoms with Gasteiger partial charge in [-0.3, -0.25) is 9.88 Å².